The Morgan fingerprint density at radius 2 is 1.76 bits per heavy atom. The van der Waals surface area contributed by atoms with E-state index in [0.717, 1.165) is 0 Å². The van der Waals surface area contributed by atoms with Crippen molar-refractivity contribution < 1.29 is 38.1 Å². The van der Waals surface area contributed by atoms with Crippen LogP contribution >= 0.6 is 11.6 Å². The Morgan fingerprint density at radius 1 is 1.05 bits per heavy atom. The summed E-state index contributed by atoms with van der Waals surface area (Å²) in [6.07, 6.45) is 0.538. The molecule has 1 atom stereocenters. The lowest BCUT2D eigenvalue weighted by molar-refractivity contribution is -0.129. The number of methoxy groups -OCH3 is 3. The van der Waals surface area contributed by atoms with Crippen molar-refractivity contribution in [2.24, 2.45) is 0 Å². The first-order valence-corrected chi connectivity index (χ1v) is 12.5. The Bertz CT molecular complexity index is 1390. The summed E-state index contributed by atoms with van der Waals surface area (Å²) in [6.45, 7) is 4.50. The van der Waals surface area contributed by atoms with E-state index in [2.05, 4.69) is 0 Å². The fraction of sp³-hybridized carbons (Fsp3) is 0.357. The highest BCUT2D eigenvalue weighted by Crippen LogP contribution is 2.42. The summed E-state index contributed by atoms with van der Waals surface area (Å²) in [7, 11) is 4.47. The number of ether oxygens (including phenoxy) is 4. The number of furan rings is 1. The first kappa shape index (κ1) is 27.3. The largest absolute Gasteiger partial charge is 0.503 e. The number of aliphatic hydroxyl groups excluding tert-OH is 1. The van der Waals surface area contributed by atoms with Crippen LogP contribution in [0.3, 0.4) is 0 Å². The lowest BCUT2D eigenvalue weighted by Gasteiger charge is -2.27. The third-order valence-corrected chi connectivity index (χ3v) is 6.48. The van der Waals surface area contributed by atoms with Gasteiger partial charge in [-0.25, -0.2) is 0 Å². The maximum atomic E-state index is 13.8. The summed E-state index contributed by atoms with van der Waals surface area (Å²) >= 11 is 6.18. The number of benzene rings is 2. The zero-order valence-electron chi connectivity index (χ0n) is 21.9. The van der Waals surface area contributed by atoms with E-state index >= 15 is 0 Å². The van der Waals surface area contributed by atoms with E-state index in [1.807, 2.05) is 13.8 Å². The summed E-state index contributed by atoms with van der Waals surface area (Å²) in [5.41, 5.74) is 0.788. The van der Waals surface area contributed by atoms with Crippen molar-refractivity contribution in [2.75, 3.05) is 34.5 Å². The second-order valence-corrected chi connectivity index (χ2v) is 9.45. The van der Waals surface area contributed by atoms with Crippen LogP contribution in [0.15, 0.2) is 52.1 Å². The number of nitrogens with zero attached hydrogens (tertiary/aromatic N) is 1. The summed E-state index contributed by atoms with van der Waals surface area (Å²) in [4.78, 5) is 28.5. The normalized spacial score (nSPS) is 15.6. The van der Waals surface area contributed by atoms with Crippen molar-refractivity contribution >= 4 is 34.3 Å². The minimum absolute atomic E-state index is 0.0353. The molecule has 202 valence electrons. The van der Waals surface area contributed by atoms with Crippen LogP contribution in [0, 0.1) is 0 Å². The lowest BCUT2D eigenvalue weighted by atomic mass is 9.94. The average Bonchev–Trinajstić information content (AvgIpc) is 3.44. The minimum atomic E-state index is -0.896. The average molecular weight is 544 g/mol. The van der Waals surface area contributed by atoms with Gasteiger partial charge >= 0.3 is 0 Å². The van der Waals surface area contributed by atoms with Gasteiger partial charge in [-0.1, -0.05) is 17.7 Å². The van der Waals surface area contributed by atoms with Gasteiger partial charge in [-0.2, -0.15) is 0 Å². The highest BCUT2D eigenvalue weighted by molar-refractivity contribution is 6.31. The van der Waals surface area contributed by atoms with Gasteiger partial charge in [0.2, 0.25) is 5.78 Å². The Labute approximate surface area is 225 Å². The number of rotatable bonds is 11. The van der Waals surface area contributed by atoms with Crippen molar-refractivity contribution in [3.63, 3.8) is 0 Å². The second-order valence-electron chi connectivity index (χ2n) is 9.02. The first-order valence-electron chi connectivity index (χ1n) is 12.1. The lowest BCUT2D eigenvalue weighted by Crippen LogP contribution is -2.32. The zero-order chi connectivity index (χ0) is 27.6. The fourth-order valence-electron chi connectivity index (χ4n) is 4.52. The first-order chi connectivity index (χ1) is 18.2. The molecule has 0 radical (unpaired) electrons. The molecule has 10 heteroatoms. The number of Topliss-reactive ketones (excluding diaryl/α,β-unsaturated/α-hetero) is 1. The highest BCUT2D eigenvalue weighted by atomic mass is 35.5. The van der Waals surface area contributed by atoms with Crippen LogP contribution in [0.25, 0.3) is 11.0 Å². The molecule has 1 N–H and O–H groups in total. The predicted octanol–water partition coefficient (Wildman–Crippen LogP) is 5.51. The van der Waals surface area contributed by atoms with Crippen LogP contribution in [-0.4, -0.2) is 62.3 Å². The molecule has 38 heavy (non-hydrogen) atoms. The van der Waals surface area contributed by atoms with Crippen LogP contribution in [-0.2, 0) is 9.53 Å². The fourth-order valence-corrected chi connectivity index (χ4v) is 4.74. The van der Waals surface area contributed by atoms with Crippen LogP contribution in [0.5, 0.6) is 17.2 Å². The molecule has 1 aromatic heterocycles. The smallest absolute Gasteiger partial charge is 0.290 e. The maximum absolute atomic E-state index is 13.8. The third kappa shape index (κ3) is 5.16. The molecule has 0 saturated carbocycles. The molecule has 9 nitrogen and oxygen atoms in total. The Kier molecular flexibility index (Phi) is 8.18. The number of carbonyl (C=O) groups excluding carboxylic acids is 2. The summed E-state index contributed by atoms with van der Waals surface area (Å²) in [5, 5.41) is 11.9. The van der Waals surface area contributed by atoms with Crippen molar-refractivity contribution in [3.8, 4) is 17.2 Å². The number of aliphatic hydroxyl groups is 1. The standard InChI is InChI=1S/C28H30ClNO8/c1-15(2)37-10-6-9-30-24(16-7-8-19(34-3)20(12-16)35-4)23(26(32)28(30)33)25(31)21-13-17-11-18(29)14-22(36-5)27(17)38-21/h7-8,11-15,24,32H,6,9-10H2,1-5H3. The number of carbonyl (C=O) groups is 2. The van der Waals surface area contributed by atoms with Crippen LogP contribution < -0.4 is 14.2 Å². The van der Waals surface area contributed by atoms with Crippen LogP contribution in [0.4, 0.5) is 0 Å². The van der Waals surface area contributed by atoms with E-state index in [0.29, 0.717) is 51.8 Å². The van der Waals surface area contributed by atoms with Gasteiger partial charge in [-0.05, 0) is 50.1 Å². The molecule has 1 aliphatic heterocycles. The molecule has 0 spiro atoms. The number of halogens is 1. The number of ketones is 1. The van der Waals surface area contributed by atoms with Gasteiger partial charge in [0.05, 0.1) is 39.0 Å². The molecule has 1 aliphatic rings. The third-order valence-electron chi connectivity index (χ3n) is 6.26. The molecule has 0 bridgehead atoms. The van der Waals surface area contributed by atoms with Crippen LogP contribution in [0.1, 0.15) is 42.4 Å². The number of fused-ring (bicyclic) bond motifs is 1. The van der Waals surface area contributed by atoms with Crippen molar-refractivity contribution in [3.05, 3.63) is 64.1 Å². The van der Waals surface area contributed by atoms with E-state index in [1.165, 1.54) is 32.3 Å². The quantitative estimate of drug-likeness (QED) is 0.249. The zero-order valence-corrected chi connectivity index (χ0v) is 22.6. The van der Waals surface area contributed by atoms with Gasteiger partial charge in [-0.3, -0.25) is 9.59 Å². The van der Waals surface area contributed by atoms with Crippen molar-refractivity contribution in [2.45, 2.75) is 32.4 Å². The maximum Gasteiger partial charge on any atom is 0.290 e. The summed E-state index contributed by atoms with van der Waals surface area (Å²) in [6, 6.07) is 8.93. The Hall–Kier alpha value is -3.69. The molecule has 2 heterocycles. The molecule has 1 amide bonds. The van der Waals surface area contributed by atoms with E-state index in [1.54, 1.807) is 30.3 Å². The molecule has 3 aromatic rings. The number of hydrogen-bond donors (Lipinski definition) is 1. The van der Waals surface area contributed by atoms with Crippen LogP contribution in [0.2, 0.25) is 5.02 Å². The van der Waals surface area contributed by atoms with Gasteiger partial charge < -0.3 is 33.4 Å². The molecule has 0 saturated heterocycles. The second kappa shape index (κ2) is 11.4. The molecule has 4 rings (SSSR count). The molecular weight excluding hydrogens is 514 g/mol. The van der Waals surface area contributed by atoms with E-state index in [4.69, 9.17) is 35.0 Å². The van der Waals surface area contributed by atoms with Gasteiger partial charge in [0.25, 0.3) is 5.91 Å². The minimum Gasteiger partial charge on any atom is -0.503 e. The predicted molar refractivity (Wildman–Crippen MR) is 141 cm³/mol. The highest BCUT2D eigenvalue weighted by Gasteiger charge is 2.44. The topological polar surface area (TPSA) is 108 Å². The van der Waals surface area contributed by atoms with Gasteiger partial charge in [0.1, 0.15) is 0 Å². The summed E-state index contributed by atoms with van der Waals surface area (Å²) < 4.78 is 27.6. The van der Waals surface area contributed by atoms with Gasteiger partial charge in [0, 0.05) is 29.6 Å². The molecule has 1 unspecified atom stereocenters. The summed E-state index contributed by atoms with van der Waals surface area (Å²) in [5.74, 6) is -0.729. The Morgan fingerprint density at radius 3 is 2.42 bits per heavy atom. The number of amides is 1. The SMILES string of the molecule is COc1ccc(C2C(C(=O)c3cc4cc(Cl)cc(OC)c4o3)=C(O)C(=O)N2CCCOC(C)C)cc1OC. The van der Waals surface area contributed by atoms with Gasteiger partial charge in [-0.15, -0.1) is 0 Å². The van der Waals surface area contributed by atoms with E-state index in [-0.39, 0.29) is 24.0 Å². The van der Waals surface area contributed by atoms with Gasteiger partial charge in [0.15, 0.2) is 34.4 Å². The molecule has 0 aliphatic carbocycles. The monoisotopic (exact) mass is 543 g/mol. The Balaban J connectivity index is 1.78. The molecular formula is C28H30ClNO8. The van der Waals surface area contributed by atoms with E-state index in [9.17, 15) is 14.7 Å². The molecule has 2 aromatic carbocycles. The van der Waals surface area contributed by atoms with Crippen molar-refractivity contribution in [1.82, 2.24) is 4.90 Å². The van der Waals surface area contributed by atoms with Crippen molar-refractivity contribution in [1.29, 1.82) is 0 Å². The molecule has 0 fully saturated rings. The van der Waals surface area contributed by atoms with E-state index < -0.39 is 23.5 Å². The number of hydrogen-bond acceptors (Lipinski definition) is 8.